The Morgan fingerprint density at radius 2 is 1.88 bits per heavy atom. The highest BCUT2D eigenvalue weighted by atomic mass is 32.2. The van der Waals surface area contributed by atoms with Crippen LogP contribution in [-0.2, 0) is 27.8 Å². The molecule has 3 aliphatic heterocycles. The molecule has 180 valence electrons. The number of nitrogens with one attached hydrogen (secondary N) is 1. The molecule has 1 atom stereocenters. The fourth-order valence-electron chi connectivity index (χ4n) is 4.77. The number of aliphatic imine (C=N–C) groups is 1. The van der Waals surface area contributed by atoms with E-state index in [1.165, 1.54) is 11.1 Å². The third-order valence-electron chi connectivity index (χ3n) is 6.66. The van der Waals surface area contributed by atoms with Gasteiger partial charge in [-0.05, 0) is 35.2 Å². The van der Waals surface area contributed by atoms with E-state index < -0.39 is 16.1 Å². The highest BCUT2D eigenvalue weighted by Gasteiger charge is 2.34. The largest absolute Gasteiger partial charge is 0.493 e. The summed E-state index contributed by atoms with van der Waals surface area (Å²) in [5, 5.41) is 0. The van der Waals surface area contributed by atoms with Crippen LogP contribution in [0.2, 0.25) is 0 Å². The molecule has 2 aromatic carbocycles. The number of rotatable bonds is 5. The summed E-state index contributed by atoms with van der Waals surface area (Å²) < 4.78 is 33.0. The second-order valence-corrected chi connectivity index (χ2v) is 11.1. The lowest BCUT2D eigenvalue weighted by Crippen LogP contribution is -2.51. The molecule has 3 heterocycles. The Morgan fingerprint density at radius 1 is 1.12 bits per heavy atom. The number of piperazine rings is 1. The number of carbonyl (C=O) groups is 1. The second kappa shape index (κ2) is 9.03. The van der Waals surface area contributed by atoms with Crippen LogP contribution >= 0.6 is 0 Å². The van der Waals surface area contributed by atoms with Crippen LogP contribution in [0.4, 0.5) is 0 Å². The number of amidine groups is 1. The number of benzene rings is 2. The number of carbonyl (C=O) groups excluding carboxylic acids is 1. The molecule has 0 bridgehead atoms. The van der Waals surface area contributed by atoms with Crippen molar-refractivity contribution in [3.8, 4) is 5.75 Å². The van der Waals surface area contributed by atoms with Gasteiger partial charge in [0.25, 0.3) is 10.0 Å². The van der Waals surface area contributed by atoms with Gasteiger partial charge in [-0.1, -0.05) is 38.1 Å². The Hall–Kier alpha value is -2.91. The molecule has 1 saturated heterocycles. The molecule has 0 aliphatic carbocycles. The normalized spacial score (nSPS) is 21.1. The molecule has 9 heteroatoms. The van der Waals surface area contributed by atoms with Crippen LogP contribution in [-0.4, -0.2) is 68.8 Å². The molecular formula is C25H30N4O4S. The molecule has 2 aromatic rings. The van der Waals surface area contributed by atoms with E-state index in [4.69, 9.17) is 4.74 Å². The van der Waals surface area contributed by atoms with Crippen molar-refractivity contribution in [3.63, 3.8) is 0 Å². The van der Waals surface area contributed by atoms with E-state index in [0.29, 0.717) is 18.7 Å². The van der Waals surface area contributed by atoms with Crippen LogP contribution in [0.15, 0.2) is 52.4 Å². The zero-order chi connectivity index (χ0) is 23.9. The molecule has 8 nitrogen and oxygen atoms in total. The van der Waals surface area contributed by atoms with Crippen molar-refractivity contribution in [3.05, 3.63) is 59.2 Å². The summed E-state index contributed by atoms with van der Waals surface area (Å²) in [5.41, 5.74) is 3.06. The SMILES string of the molecule is CC(C)[C@H](N=C1NS(=O)(=O)c2ccccc21)C(=O)N1CCN(Cc2ccc3c(c2)CCO3)CC1. The van der Waals surface area contributed by atoms with E-state index in [-0.39, 0.29) is 22.6 Å². The van der Waals surface area contributed by atoms with Crippen molar-refractivity contribution in [2.75, 3.05) is 32.8 Å². The predicted molar refractivity (Wildman–Crippen MR) is 129 cm³/mol. The van der Waals surface area contributed by atoms with Crippen molar-refractivity contribution >= 4 is 21.8 Å². The van der Waals surface area contributed by atoms with Crippen LogP contribution < -0.4 is 9.46 Å². The van der Waals surface area contributed by atoms with Crippen molar-refractivity contribution in [2.24, 2.45) is 10.9 Å². The summed E-state index contributed by atoms with van der Waals surface area (Å²) in [4.78, 5) is 22.4. The zero-order valence-electron chi connectivity index (χ0n) is 19.5. The molecular weight excluding hydrogens is 452 g/mol. The maximum Gasteiger partial charge on any atom is 0.263 e. The second-order valence-electron chi connectivity index (χ2n) is 9.41. The number of hydrogen-bond donors (Lipinski definition) is 1. The van der Waals surface area contributed by atoms with Crippen LogP contribution in [0, 0.1) is 5.92 Å². The molecule has 1 fully saturated rings. The molecule has 5 rings (SSSR count). The first-order valence-corrected chi connectivity index (χ1v) is 13.3. The van der Waals surface area contributed by atoms with Crippen LogP contribution in [0.5, 0.6) is 5.75 Å². The van der Waals surface area contributed by atoms with Gasteiger partial charge in [-0.2, -0.15) is 0 Å². The minimum atomic E-state index is -3.64. The van der Waals surface area contributed by atoms with E-state index in [9.17, 15) is 13.2 Å². The molecule has 0 saturated carbocycles. The van der Waals surface area contributed by atoms with Crippen LogP contribution in [0.3, 0.4) is 0 Å². The smallest absolute Gasteiger partial charge is 0.263 e. The number of amides is 1. The highest BCUT2D eigenvalue weighted by Crippen LogP contribution is 2.27. The minimum Gasteiger partial charge on any atom is -0.493 e. The van der Waals surface area contributed by atoms with Gasteiger partial charge in [0.2, 0.25) is 5.91 Å². The summed E-state index contributed by atoms with van der Waals surface area (Å²) >= 11 is 0. The Balaban J connectivity index is 1.25. The van der Waals surface area contributed by atoms with Gasteiger partial charge in [0.15, 0.2) is 0 Å². The molecule has 34 heavy (non-hydrogen) atoms. The lowest BCUT2D eigenvalue weighted by atomic mass is 10.0. The standard InChI is InChI=1S/C25H30N4O4S/c1-17(2)23(26-24-20-5-3-4-6-22(20)34(31,32)27-24)25(30)29-12-10-28(11-13-29)16-18-7-8-21-19(15-18)9-14-33-21/h3-8,15,17,23H,9-14,16H2,1-2H3,(H,26,27)/t23-/m0/s1. The topological polar surface area (TPSA) is 91.3 Å². The predicted octanol–water partition coefficient (Wildman–Crippen LogP) is 2.03. The fraction of sp³-hybridized carbons (Fsp3) is 0.440. The first-order chi connectivity index (χ1) is 16.3. The Labute approximate surface area is 200 Å². The molecule has 0 spiro atoms. The lowest BCUT2D eigenvalue weighted by molar-refractivity contribution is -0.135. The van der Waals surface area contributed by atoms with E-state index >= 15 is 0 Å². The molecule has 0 unspecified atom stereocenters. The van der Waals surface area contributed by atoms with Gasteiger partial charge in [-0.15, -0.1) is 0 Å². The van der Waals surface area contributed by atoms with Gasteiger partial charge in [-0.25, -0.2) is 8.42 Å². The molecule has 0 radical (unpaired) electrons. The Morgan fingerprint density at radius 3 is 2.65 bits per heavy atom. The minimum absolute atomic E-state index is 0.0552. The van der Waals surface area contributed by atoms with Gasteiger partial charge in [0.05, 0.1) is 11.5 Å². The number of nitrogens with zero attached hydrogens (tertiary/aromatic N) is 3. The first-order valence-electron chi connectivity index (χ1n) is 11.8. The van der Waals surface area contributed by atoms with Crippen molar-refractivity contribution in [1.82, 2.24) is 14.5 Å². The van der Waals surface area contributed by atoms with Crippen LogP contribution in [0.1, 0.15) is 30.5 Å². The van der Waals surface area contributed by atoms with Gasteiger partial charge in [-0.3, -0.25) is 19.4 Å². The molecule has 1 N–H and O–H groups in total. The highest BCUT2D eigenvalue weighted by molar-refractivity contribution is 7.90. The molecule has 3 aliphatic rings. The fourth-order valence-corrected chi connectivity index (χ4v) is 6.01. The van der Waals surface area contributed by atoms with Gasteiger partial charge >= 0.3 is 0 Å². The van der Waals surface area contributed by atoms with Crippen LogP contribution in [0.25, 0.3) is 0 Å². The monoisotopic (exact) mass is 482 g/mol. The number of ether oxygens (including phenoxy) is 1. The Kier molecular flexibility index (Phi) is 6.07. The molecule has 0 aromatic heterocycles. The van der Waals surface area contributed by atoms with Gasteiger partial charge in [0, 0.05) is 44.7 Å². The van der Waals surface area contributed by atoms with Gasteiger partial charge < -0.3 is 9.64 Å². The summed E-state index contributed by atoms with van der Waals surface area (Å²) in [5.74, 6) is 1.12. The van der Waals surface area contributed by atoms with Crippen molar-refractivity contribution in [1.29, 1.82) is 0 Å². The average Bonchev–Trinajstić information content (AvgIpc) is 3.39. The summed E-state index contributed by atoms with van der Waals surface area (Å²) in [6.07, 6.45) is 0.963. The van der Waals surface area contributed by atoms with Crippen molar-refractivity contribution in [2.45, 2.75) is 37.8 Å². The number of fused-ring (bicyclic) bond motifs is 2. The maximum atomic E-state index is 13.4. The van der Waals surface area contributed by atoms with Crippen molar-refractivity contribution < 1.29 is 17.9 Å². The summed E-state index contributed by atoms with van der Waals surface area (Å²) in [6.45, 7) is 8.32. The van der Waals surface area contributed by atoms with Gasteiger partial charge in [0.1, 0.15) is 17.6 Å². The van der Waals surface area contributed by atoms with E-state index in [1.54, 1.807) is 24.3 Å². The lowest BCUT2D eigenvalue weighted by Gasteiger charge is -2.36. The maximum absolute atomic E-state index is 13.4. The summed E-state index contributed by atoms with van der Waals surface area (Å²) in [7, 11) is -3.64. The van der Waals surface area contributed by atoms with E-state index in [1.807, 2.05) is 18.7 Å². The summed E-state index contributed by atoms with van der Waals surface area (Å²) in [6, 6.07) is 12.5. The third kappa shape index (κ3) is 4.42. The van der Waals surface area contributed by atoms with E-state index in [0.717, 1.165) is 38.4 Å². The number of hydrogen-bond acceptors (Lipinski definition) is 6. The third-order valence-corrected chi connectivity index (χ3v) is 8.06. The zero-order valence-corrected chi connectivity index (χ0v) is 20.3. The molecule has 1 amide bonds. The average molecular weight is 483 g/mol. The number of sulfonamides is 1. The quantitative estimate of drug-likeness (QED) is 0.704. The van der Waals surface area contributed by atoms with E-state index in [2.05, 4.69) is 32.8 Å². The Bertz CT molecular complexity index is 1230. The first kappa shape index (κ1) is 22.9.